The Hall–Kier alpha value is -2.82. The molecule has 1 N–H and O–H groups in total. The van der Waals surface area contributed by atoms with E-state index in [0.29, 0.717) is 17.9 Å². The van der Waals surface area contributed by atoms with Gasteiger partial charge in [-0.15, -0.1) is 0 Å². The zero-order valence-electron chi connectivity index (χ0n) is 12.7. The van der Waals surface area contributed by atoms with Gasteiger partial charge in [-0.2, -0.15) is 0 Å². The summed E-state index contributed by atoms with van der Waals surface area (Å²) in [5.41, 5.74) is 2.07. The Kier molecular flexibility index (Phi) is 4.28. The largest absolute Gasteiger partial charge is 0.493 e. The van der Waals surface area contributed by atoms with Crippen molar-refractivity contribution in [2.75, 3.05) is 11.9 Å². The number of amides is 1. The smallest absolute Gasteiger partial charge is 0.338 e. The van der Waals surface area contributed by atoms with E-state index in [1.54, 1.807) is 37.3 Å². The van der Waals surface area contributed by atoms with Gasteiger partial charge in [-0.05, 0) is 42.8 Å². The normalized spacial score (nSPS) is 13.6. The fourth-order valence-corrected chi connectivity index (χ4v) is 2.36. The average molecular weight is 311 g/mol. The molecule has 0 aliphatic carbocycles. The maximum atomic E-state index is 12.2. The highest BCUT2D eigenvalue weighted by Gasteiger charge is 2.21. The lowest BCUT2D eigenvalue weighted by molar-refractivity contribution is -0.123. The van der Waals surface area contributed by atoms with Crippen molar-refractivity contribution in [1.82, 2.24) is 0 Å². The van der Waals surface area contributed by atoms with Gasteiger partial charge in [0.1, 0.15) is 5.75 Å². The number of ether oxygens (including phenoxy) is 2. The molecule has 1 amide bonds. The highest BCUT2D eigenvalue weighted by Crippen LogP contribution is 2.26. The van der Waals surface area contributed by atoms with E-state index < -0.39 is 12.1 Å². The number of carbonyl (C=O) groups is 2. The third kappa shape index (κ3) is 3.51. The molecule has 1 unspecified atom stereocenters. The lowest BCUT2D eigenvalue weighted by atomic mass is 10.1. The number of carbonyl (C=O) groups excluding carboxylic acids is 2. The summed E-state index contributed by atoms with van der Waals surface area (Å²) in [7, 11) is 0. The summed E-state index contributed by atoms with van der Waals surface area (Å²) in [6, 6.07) is 14.2. The minimum absolute atomic E-state index is 0.367. The van der Waals surface area contributed by atoms with Gasteiger partial charge in [-0.25, -0.2) is 4.79 Å². The Bertz CT molecular complexity index is 727. The van der Waals surface area contributed by atoms with Crippen molar-refractivity contribution in [2.45, 2.75) is 19.4 Å². The number of esters is 1. The summed E-state index contributed by atoms with van der Waals surface area (Å²) in [4.78, 5) is 24.2. The quantitative estimate of drug-likeness (QED) is 0.882. The van der Waals surface area contributed by atoms with Gasteiger partial charge in [-0.1, -0.05) is 18.2 Å². The van der Waals surface area contributed by atoms with Crippen LogP contribution in [0.5, 0.6) is 5.75 Å². The van der Waals surface area contributed by atoms with Crippen LogP contribution in [0.4, 0.5) is 5.69 Å². The zero-order chi connectivity index (χ0) is 16.2. The first kappa shape index (κ1) is 15.1. The molecular weight excluding hydrogens is 294 g/mol. The van der Waals surface area contributed by atoms with Crippen molar-refractivity contribution in [2.24, 2.45) is 0 Å². The molecule has 2 aromatic carbocycles. The number of rotatable bonds is 4. The molecular formula is C18H17NO4. The fraction of sp³-hybridized carbons (Fsp3) is 0.222. The number of para-hydroxylation sites is 1. The van der Waals surface area contributed by atoms with E-state index in [9.17, 15) is 9.59 Å². The molecule has 1 heterocycles. The van der Waals surface area contributed by atoms with E-state index in [-0.39, 0.29) is 5.91 Å². The van der Waals surface area contributed by atoms with Crippen LogP contribution in [-0.2, 0) is 16.0 Å². The van der Waals surface area contributed by atoms with Crippen LogP contribution in [0.1, 0.15) is 22.8 Å². The van der Waals surface area contributed by atoms with E-state index in [4.69, 9.17) is 9.47 Å². The predicted molar refractivity (Wildman–Crippen MR) is 85.6 cm³/mol. The first-order chi connectivity index (χ1) is 11.1. The van der Waals surface area contributed by atoms with Gasteiger partial charge in [0.25, 0.3) is 5.91 Å². The van der Waals surface area contributed by atoms with Crippen LogP contribution in [0.3, 0.4) is 0 Å². The second kappa shape index (κ2) is 6.52. The number of anilines is 1. The monoisotopic (exact) mass is 311 g/mol. The lowest BCUT2D eigenvalue weighted by Crippen LogP contribution is -2.30. The second-order valence-corrected chi connectivity index (χ2v) is 5.32. The second-order valence-electron chi connectivity index (χ2n) is 5.32. The van der Waals surface area contributed by atoms with E-state index in [1.807, 2.05) is 18.2 Å². The van der Waals surface area contributed by atoms with Gasteiger partial charge < -0.3 is 14.8 Å². The molecule has 0 spiro atoms. The lowest BCUT2D eigenvalue weighted by Gasteiger charge is -2.13. The van der Waals surface area contributed by atoms with Crippen LogP contribution < -0.4 is 10.1 Å². The molecule has 0 fully saturated rings. The maximum Gasteiger partial charge on any atom is 0.338 e. The predicted octanol–water partition coefficient (Wildman–Crippen LogP) is 2.81. The fourth-order valence-electron chi connectivity index (χ4n) is 2.36. The molecule has 1 atom stereocenters. The zero-order valence-corrected chi connectivity index (χ0v) is 12.7. The van der Waals surface area contributed by atoms with Crippen molar-refractivity contribution in [3.05, 3.63) is 59.7 Å². The van der Waals surface area contributed by atoms with Gasteiger partial charge in [0, 0.05) is 12.1 Å². The molecule has 3 rings (SSSR count). The van der Waals surface area contributed by atoms with Crippen LogP contribution in [0.15, 0.2) is 48.5 Å². The summed E-state index contributed by atoms with van der Waals surface area (Å²) in [6.45, 7) is 2.18. The van der Waals surface area contributed by atoms with Crippen molar-refractivity contribution >= 4 is 17.6 Å². The van der Waals surface area contributed by atoms with E-state index in [0.717, 1.165) is 17.7 Å². The van der Waals surface area contributed by atoms with Crippen molar-refractivity contribution in [3.63, 3.8) is 0 Å². The van der Waals surface area contributed by atoms with Gasteiger partial charge in [-0.3, -0.25) is 4.79 Å². The highest BCUT2D eigenvalue weighted by atomic mass is 16.5. The Balaban J connectivity index is 1.62. The van der Waals surface area contributed by atoms with Gasteiger partial charge >= 0.3 is 5.97 Å². The Morgan fingerprint density at radius 1 is 1.17 bits per heavy atom. The Morgan fingerprint density at radius 3 is 2.74 bits per heavy atom. The number of fused-ring (bicyclic) bond motifs is 1. The van der Waals surface area contributed by atoms with Crippen molar-refractivity contribution in [3.8, 4) is 5.75 Å². The van der Waals surface area contributed by atoms with Gasteiger partial charge in [0.2, 0.25) is 0 Å². The molecule has 0 aromatic heterocycles. The SMILES string of the molecule is CC(OC(=O)c1ccc2c(c1)CCO2)C(=O)Nc1ccccc1. The van der Waals surface area contributed by atoms with E-state index >= 15 is 0 Å². The van der Waals surface area contributed by atoms with E-state index in [1.165, 1.54) is 0 Å². The minimum Gasteiger partial charge on any atom is -0.493 e. The summed E-state index contributed by atoms with van der Waals surface area (Å²) in [5.74, 6) is -0.0825. The molecule has 0 saturated heterocycles. The number of benzene rings is 2. The standard InChI is InChI=1S/C18H17NO4/c1-12(17(20)19-15-5-3-2-4-6-15)23-18(21)14-7-8-16-13(11-14)9-10-22-16/h2-8,11-12H,9-10H2,1H3,(H,19,20). The first-order valence-electron chi connectivity index (χ1n) is 7.46. The van der Waals surface area contributed by atoms with Gasteiger partial charge in [0.15, 0.2) is 6.10 Å². The number of hydrogen-bond acceptors (Lipinski definition) is 4. The van der Waals surface area contributed by atoms with Crippen LogP contribution in [0, 0.1) is 0 Å². The molecule has 5 heteroatoms. The maximum absolute atomic E-state index is 12.2. The van der Waals surface area contributed by atoms with Crippen LogP contribution in [0.25, 0.3) is 0 Å². The molecule has 0 saturated carbocycles. The molecule has 0 radical (unpaired) electrons. The first-order valence-corrected chi connectivity index (χ1v) is 7.46. The van der Waals surface area contributed by atoms with Gasteiger partial charge in [0.05, 0.1) is 12.2 Å². The Labute approximate surface area is 134 Å². The highest BCUT2D eigenvalue weighted by molar-refractivity contribution is 5.97. The van der Waals surface area contributed by atoms with Crippen LogP contribution in [0.2, 0.25) is 0 Å². The molecule has 118 valence electrons. The van der Waals surface area contributed by atoms with E-state index in [2.05, 4.69) is 5.32 Å². The van der Waals surface area contributed by atoms with Crippen LogP contribution in [-0.4, -0.2) is 24.6 Å². The molecule has 2 aromatic rings. The minimum atomic E-state index is -0.882. The van der Waals surface area contributed by atoms with Crippen LogP contribution >= 0.6 is 0 Å². The molecule has 0 bridgehead atoms. The summed E-state index contributed by atoms with van der Waals surface area (Å²) < 4.78 is 10.6. The third-order valence-electron chi connectivity index (χ3n) is 3.62. The Morgan fingerprint density at radius 2 is 1.96 bits per heavy atom. The number of nitrogens with one attached hydrogen (secondary N) is 1. The third-order valence-corrected chi connectivity index (χ3v) is 3.62. The number of hydrogen-bond donors (Lipinski definition) is 1. The summed E-state index contributed by atoms with van der Waals surface area (Å²) in [5, 5.41) is 2.70. The average Bonchev–Trinajstić information content (AvgIpc) is 3.03. The molecule has 1 aliphatic heterocycles. The van der Waals surface area contributed by atoms with Crippen molar-refractivity contribution < 1.29 is 19.1 Å². The molecule has 1 aliphatic rings. The summed E-state index contributed by atoms with van der Waals surface area (Å²) in [6.07, 6.45) is -0.104. The molecule has 5 nitrogen and oxygen atoms in total. The summed E-state index contributed by atoms with van der Waals surface area (Å²) >= 11 is 0. The molecule has 23 heavy (non-hydrogen) atoms. The topological polar surface area (TPSA) is 64.6 Å². The van der Waals surface area contributed by atoms with Crippen molar-refractivity contribution in [1.29, 1.82) is 0 Å².